The first kappa shape index (κ1) is 16.3. The fraction of sp³-hybridized carbons (Fsp3) is 0.667. The molecule has 0 saturated heterocycles. The van der Waals surface area contributed by atoms with Crippen LogP contribution in [0.25, 0.3) is 0 Å². The molecule has 0 atom stereocenters. The maximum absolute atomic E-state index is 8.49. The summed E-state index contributed by atoms with van der Waals surface area (Å²) in [4.78, 5) is 5.53. The second-order valence-electron chi connectivity index (χ2n) is 2.53. The topological polar surface area (TPSA) is 108 Å². The molecule has 6 nitrogen and oxygen atoms in total. The molecule has 0 aliphatic rings. The zero-order chi connectivity index (χ0) is 12.8. The molecule has 0 unspecified atom stereocenters. The molecule has 0 radical (unpaired) electrons. The van der Waals surface area contributed by atoms with Gasteiger partial charge in [-0.3, -0.25) is 4.58 Å². The summed E-state index contributed by atoms with van der Waals surface area (Å²) in [5.74, 6) is 1.10. The Morgan fingerprint density at radius 1 is 1.25 bits per heavy atom. The van der Waals surface area contributed by atoms with Gasteiger partial charge in [0.05, 0.1) is 14.1 Å². The Kier molecular flexibility index (Phi) is 7.68. The highest BCUT2D eigenvalue weighted by molar-refractivity contribution is 8.02. The summed E-state index contributed by atoms with van der Waals surface area (Å²) in [6, 6.07) is 0. The highest BCUT2D eigenvalue weighted by atomic mass is 35.7. The fourth-order valence-electron chi connectivity index (χ4n) is 0.543. The third-order valence-corrected chi connectivity index (χ3v) is 4.67. The van der Waals surface area contributed by atoms with E-state index in [1.807, 2.05) is 18.7 Å². The van der Waals surface area contributed by atoms with Crippen molar-refractivity contribution in [3.63, 3.8) is 0 Å². The van der Waals surface area contributed by atoms with Crippen LogP contribution in [0.4, 0.5) is 0 Å². The highest BCUT2D eigenvalue weighted by Crippen LogP contribution is 2.20. The molecule has 1 rings (SSSR count). The molecule has 0 aromatic carbocycles. The first-order chi connectivity index (χ1) is 7.24. The SMILES string of the molecule is CCSc1nc(=[N+](C)C)ss1.[O-][Cl+3]([O-])([O-])[O-]. The third kappa shape index (κ3) is 9.48. The van der Waals surface area contributed by atoms with Gasteiger partial charge < -0.3 is 0 Å². The number of halogens is 1. The van der Waals surface area contributed by atoms with Crippen LogP contribution in [0, 0.1) is 10.2 Å². The summed E-state index contributed by atoms with van der Waals surface area (Å²) in [5, 5.41) is 0. The van der Waals surface area contributed by atoms with Gasteiger partial charge in [-0.25, -0.2) is 18.6 Å². The van der Waals surface area contributed by atoms with E-state index >= 15 is 0 Å². The highest BCUT2D eigenvalue weighted by Gasteiger charge is 2.06. The zero-order valence-electron chi connectivity index (χ0n) is 8.84. The number of thioether (sulfide) groups is 1. The molecule has 1 aromatic heterocycles. The van der Waals surface area contributed by atoms with E-state index in [0.717, 1.165) is 10.6 Å². The number of nitrogens with zero attached hydrogens (tertiary/aromatic N) is 2. The summed E-state index contributed by atoms with van der Waals surface area (Å²) >= 11 is 1.80. The predicted molar refractivity (Wildman–Crippen MR) is 53.5 cm³/mol. The number of aromatic nitrogens is 1. The first-order valence-electron chi connectivity index (χ1n) is 3.96. The lowest BCUT2D eigenvalue weighted by atomic mass is 11.0. The quantitative estimate of drug-likeness (QED) is 0.320. The molecular weight excluding hydrogens is 296 g/mol. The largest absolute Gasteiger partial charge is 0.389 e. The van der Waals surface area contributed by atoms with E-state index in [4.69, 9.17) is 18.6 Å². The Hall–Kier alpha value is 0.260. The molecule has 0 aliphatic carbocycles. The van der Waals surface area contributed by atoms with Crippen LogP contribution in [-0.2, 0) is 0 Å². The minimum atomic E-state index is -4.94. The Morgan fingerprint density at radius 3 is 2.06 bits per heavy atom. The van der Waals surface area contributed by atoms with E-state index in [-0.39, 0.29) is 0 Å². The monoisotopic (exact) mass is 306 g/mol. The van der Waals surface area contributed by atoms with Gasteiger partial charge >= 0.3 is 4.80 Å². The van der Waals surface area contributed by atoms with Crippen molar-refractivity contribution in [1.29, 1.82) is 0 Å². The average molecular weight is 307 g/mol. The van der Waals surface area contributed by atoms with Crippen LogP contribution >= 0.6 is 32.4 Å². The molecular formula is C6H11ClN2O4S3. The van der Waals surface area contributed by atoms with Crippen LogP contribution in [0.5, 0.6) is 0 Å². The van der Waals surface area contributed by atoms with E-state index in [2.05, 4.69) is 11.9 Å². The second kappa shape index (κ2) is 7.56. The van der Waals surface area contributed by atoms with Gasteiger partial charge in [0.1, 0.15) is 0 Å². The second-order valence-corrected chi connectivity index (χ2v) is 6.88. The van der Waals surface area contributed by atoms with Gasteiger partial charge in [-0.15, -0.1) is 10.2 Å². The minimum Gasteiger partial charge on any atom is -0.254 e. The van der Waals surface area contributed by atoms with Crippen molar-refractivity contribution < 1.29 is 28.9 Å². The molecule has 0 aliphatic heterocycles. The average Bonchev–Trinajstić information content (AvgIpc) is 2.50. The molecule has 1 heterocycles. The van der Waals surface area contributed by atoms with Gasteiger partial charge in [0.2, 0.25) is 0 Å². The first-order valence-corrected chi connectivity index (χ1v) is 8.33. The number of hydrogen-bond donors (Lipinski definition) is 0. The lowest BCUT2D eigenvalue weighted by Gasteiger charge is -2.17. The summed E-state index contributed by atoms with van der Waals surface area (Å²) < 4.78 is 37.2. The molecule has 0 bridgehead atoms. The predicted octanol–water partition coefficient (Wildman–Crippen LogP) is -3.41. The number of hydrogen-bond acceptors (Lipinski definition) is 8. The third-order valence-electron chi connectivity index (χ3n) is 1.02. The van der Waals surface area contributed by atoms with Crippen LogP contribution in [0.15, 0.2) is 4.34 Å². The minimum absolute atomic E-state index is 1.10. The zero-order valence-corrected chi connectivity index (χ0v) is 12.0. The maximum atomic E-state index is 8.49. The van der Waals surface area contributed by atoms with Gasteiger partial charge in [0, 0.05) is 10.3 Å². The molecule has 94 valence electrons. The van der Waals surface area contributed by atoms with Gasteiger partial charge in [-0.2, -0.15) is 0 Å². The Bertz CT molecular complexity index is 362. The lowest BCUT2D eigenvalue weighted by molar-refractivity contribution is -2.00. The van der Waals surface area contributed by atoms with Gasteiger partial charge in [-0.05, 0) is 21.1 Å². The normalized spacial score (nSPS) is 10.7. The molecule has 0 N–H and O–H groups in total. The number of rotatable bonds is 2. The van der Waals surface area contributed by atoms with E-state index in [9.17, 15) is 0 Å². The van der Waals surface area contributed by atoms with Crippen LogP contribution in [0.3, 0.4) is 0 Å². The van der Waals surface area contributed by atoms with Crippen molar-refractivity contribution in [2.45, 2.75) is 11.3 Å². The molecule has 0 spiro atoms. The van der Waals surface area contributed by atoms with E-state index in [1.54, 1.807) is 32.4 Å². The van der Waals surface area contributed by atoms with Crippen LogP contribution in [0.1, 0.15) is 6.92 Å². The molecule has 0 fully saturated rings. The standard InChI is InChI=1S/C6H11N2S3.ClHO4/c1-4-9-6-7-5(8(2)3)10-11-6;2-1(3,4)5/h4H2,1-3H3;(H,2,3,4,5)/q+1;/p-1. The van der Waals surface area contributed by atoms with Crippen molar-refractivity contribution >= 4 is 32.4 Å². The van der Waals surface area contributed by atoms with Crippen LogP contribution in [0.2, 0.25) is 0 Å². The van der Waals surface area contributed by atoms with Crippen LogP contribution < -0.4 is 28.0 Å². The molecule has 0 amide bonds. The summed E-state index contributed by atoms with van der Waals surface area (Å²) in [6.07, 6.45) is 0. The lowest BCUT2D eigenvalue weighted by Crippen LogP contribution is -2.68. The maximum Gasteiger partial charge on any atom is 0.389 e. The summed E-state index contributed by atoms with van der Waals surface area (Å²) in [5.41, 5.74) is 0. The molecule has 16 heavy (non-hydrogen) atoms. The van der Waals surface area contributed by atoms with E-state index in [1.165, 1.54) is 4.34 Å². The van der Waals surface area contributed by atoms with Crippen molar-refractivity contribution in [1.82, 2.24) is 9.56 Å². The molecule has 1 aromatic rings. The Morgan fingerprint density at radius 2 is 1.75 bits per heavy atom. The van der Waals surface area contributed by atoms with Gasteiger partial charge in [-0.1, -0.05) is 18.7 Å². The van der Waals surface area contributed by atoms with E-state index < -0.39 is 10.2 Å². The van der Waals surface area contributed by atoms with Gasteiger partial charge in [0.15, 0.2) is 0 Å². The molecule has 10 heteroatoms. The van der Waals surface area contributed by atoms with Crippen molar-refractivity contribution in [2.75, 3.05) is 19.8 Å². The van der Waals surface area contributed by atoms with Crippen molar-refractivity contribution in [3.05, 3.63) is 4.80 Å². The smallest absolute Gasteiger partial charge is 0.254 e. The summed E-state index contributed by atoms with van der Waals surface area (Å²) in [6.45, 7) is 2.14. The Balaban J connectivity index is 0.000000385. The van der Waals surface area contributed by atoms with Crippen molar-refractivity contribution in [3.8, 4) is 0 Å². The van der Waals surface area contributed by atoms with E-state index in [0.29, 0.717) is 0 Å². The van der Waals surface area contributed by atoms with Crippen LogP contribution in [-0.4, -0.2) is 24.8 Å². The van der Waals surface area contributed by atoms with Gasteiger partial charge in [0.25, 0.3) is 4.34 Å². The Labute approximate surface area is 107 Å². The summed E-state index contributed by atoms with van der Waals surface area (Å²) in [7, 11) is 2.58. The molecule has 0 saturated carbocycles. The fourth-order valence-corrected chi connectivity index (χ4v) is 4.00. The van der Waals surface area contributed by atoms with Crippen molar-refractivity contribution in [2.24, 2.45) is 0 Å².